The van der Waals surface area contributed by atoms with Gasteiger partial charge in [0.05, 0.1) is 34.9 Å². The Hall–Kier alpha value is -4.22. The zero-order chi connectivity index (χ0) is 31.5. The molecular weight excluding hydrogens is 584 g/mol. The molecule has 1 heterocycles. The van der Waals surface area contributed by atoms with Crippen molar-refractivity contribution in [3.8, 4) is 11.5 Å². The van der Waals surface area contributed by atoms with Crippen LogP contribution in [0.5, 0.6) is 11.5 Å². The van der Waals surface area contributed by atoms with Gasteiger partial charge in [-0.15, -0.1) is 0 Å². The molecule has 0 spiro atoms. The summed E-state index contributed by atoms with van der Waals surface area (Å²) >= 11 is 0. The Morgan fingerprint density at radius 2 is 1.50 bits per heavy atom. The number of hydrogen-bond donors (Lipinski definition) is 2. The lowest BCUT2D eigenvalue weighted by atomic mass is 10.0. The molecule has 1 aliphatic heterocycles. The minimum Gasteiger partial charge on any atom is -0.494 e. The van der Waals surface area contributed by atoms with E-state index in [1.165, 1.54) is 4.90 Å². The Kier molecular flexibility index (Phi) is 11.5. The Morgan fingerprint density at radius 3 is 2.16 bits per heavy atom. The van der Waals surface area contributed by atoms with Crippen LogP contribution in [-0.2, 0) is 27.6 Å². The van der Waals surface area contributed by atoms with E-state index in [4.69, 9.17) is 14.6 Å². The lowest BCUT2D eigenvalue weighted by molar-refractivity contribution is -0.136. The molecule has 0 saturated carbocycles. The number of carbonyl (C=O) groups is 3. The standard InChI is InChI=1S/C33H38N2O8S/c1-2-3-19-42-26-12-14-28(15-13-26)44(40,41)21-6-17-34-18-20-43-27-11-9-24(10-16-31(36)37)25(22-27)23-35-32(38)29-7-4-5-8-30(29)33(35)39/h4-5,7-9,11-15,22,34H,2-3,6,10,16-21,23H2,1H3,(H,36,37). The Morgan fingerprint density at radius 1 is 0.841 bits per heavy atom. The van der Waals surface area contributed by atoms with Gasteiger partial charge in [0.15, 0.2) is 9.84 Å². The molecule has 0 atom stereocenters. The lowest BCUT2D eigenvalue weighted by Gasteiger charge is -2.18. The fraction of sp³-hybridized carbons (Fsp3) is 0.364. The molecular formula is C33H38N2O8S. The number of rotatable bonds is 18. The number of nitrogens with one attached hydrogen (secondary N) is 1. The summed E-state index contributed by atoms with van der Waals surface area (Å²) in [5.41, 5.74) is 2.05. The summed E-state index contributed by atoms with van der Waals surface area (Å²) in [6.45, 7) is 3.94. The van der Waals surface area contributed by atoms with Gasteiger partial charge >= 0.3 is 5.97 Å². The van der Waals surface area contributed by atoms with E-state index in [-0.39, 0.29) is 41.8 Å². The number of unbranched alkanes of at least 4 members (excludes halogenated alkanes) is 1. The molecule has 10 nitrogen and oxygen atoms in total. The van der Waals surface area contributed by atoms with Gasteiger partial charge in [-0.1, -0.05) is 31.5 Å². The van der Waals surface area contributed by atoms with Crippen LogP contribution in [0.25, 0.3) is 0 Å². The summed E-state index contributed by atoms with van der Waals surface area (Å²) in [7, 11) is -3.41. The number of sulfone groups is 1. The number of amides is 2. The van der Waals surface area contributed by atoms with Crippen LogP contribution in [0.15, 0.2) is 71.6 Å². The summed E-state index contributed by atoms with van der Waals surface area (Å²) in [5, 5.41) is 12.4. The number of hydrogen-bond acceptors (Lipinski definition) is 8. The molecule has 1 aliphatic rings. The fourth-order valence-electron chi connectivity index (χ4n) is 4.83. The first-order valence-electron chi connectivity index (χ1n) is 14.8. The number of carbonyl (C=O) groups excluding carboxylic acids is 2. The second-order valence-electron chi connectivity index (χ2n) is 10.5. The van der Waals surface area contributed by atoms with Crippen molar-refractivity contribution >= 4 is 27.6 Å². The maximum Gasteiger partial charge on any atom is 0.303 e. The Bertz CT molecular complexity index is 1540. The van der Waals surface area contributed by atoms with E-state index in [0.717, 1.165) is 12.8 Å². The maximum absolute atomic E-state index is 12.9. The number of benzene rings is 3. The third kappa shape index (κ3) is 8.67. The molecule has 11 heteroatoms. The summed E-state index contributed by atoms with van der Waals surface area (Å²) in [5.74, 6) is -0.537. The van der Waals surface area contributed by atoms with Crippen molar-refractivity contribution in [2.75, 3.05) is 32.1 Å². The Balaban J connectivity index is 1.26. The van der Waals surface area contributed by atoms with Crippen molar-refractivity contribution in [2.24, 2.45) is 0 Å². The number of carboxylic acid groups (broad SMARTS) is 1. The number of aliphatic carboxylic acids is 1. The van der Waals surface area contributed by atoms with E-state index in [9.17, 15) is 22.8 Å². The largest absolute Gasteiger partial charge is 0.494 e. The molecule has 0 unspecified atom stereocenters. The SMILES string of the molecule is CCCCOc1ccc(S(=O)(=O)CCCNCCOc2ccc(CCC(=O)O)c(CN3C(=O)c4ccccc4C3=O)c2)cc1. The van der Waals surface area contributed by atoms with Crippen molar-refractivity contribution in [3.63, 3.8) is 0 Å². The number of ether oxygens (including phenoxy) is 2. The van der Waals surface area contributed by atoms with Gasteiger partial charge in [-0.05, 0) is 85.5 Å². The van der Waals surface area contributed by atoms with Gasteiger partial charge < -0.3 is 19.9 Å². The van der Waals surface area contributed by atoms with Crippen LogP contribution in [0, 0.1) is 0 Å². The van der Waals surface area contributed by atoms with Crippen LogP contribution in [0.1, 0.15) is 64.4 Å². The van der Waals surface area contributed by atoms with Crippen LogP contribution in [-0.4, -0.2) is 68.3 Å². The summed E-state index contributed by atoms with van der Waals surface area (Å²) in [6, 6.07) is 18.4. The summed E-state index contributed by atoms with van der Waals surface area (Å²) in [4.78, 5) is 38.4. The Labute approximate surface area is 257 Å². The van der Waals surface area contributed by atoms with Crippen molar-refractivity contribution in [2.45, 2.75) is 50.5 Å². The van der Waals surface area contributed by atoms with Crippen LogP contribution < -0.4 is 14.8 Å². The van der Waals surface area contributed by atoms with E-state index in [0.29, 0.717) is 66.5 Å². The van der Waals surface area contributed by atoms with Gasteiger partial charge in [0.1, 0.15) is 18.1 Å². The molecule has 0 aliphatic carbocycles. The molecule has 0 aromatic heterocycles. The summed E-state index contributed by atoms with van der Waals surface area (Å²) in [6.07, 6.45) is 2.56. The first kappa shape index (κ1) is 32.7. The molecule has 3 aromatic carbocycles. The molecule has 3 aromatic rings. The average Bonchev–Trinajstić information content (AvgIpc) is 3.25. The predicted octanol–water partition coefficient (Wildman–Crippen LogP) is 4.51. The number of fused-ring (bicyclic) bond motifs is 1. The van der Waals surface area contributed by atoms with Gasteiger partial charge in [-0.2, -0.15) is 0 Å². The minimum atomic E-state index is -3.41. The van der Waals surface area contributed by atoms with Crippen LogP contribution >= 0.6 is 0 Å². The second kappa shape index (κ2) is 15.5. The van der Waals surface area contributed by atoms with Gasteiger partial charge in [-0.3, -0.25) is 19.3 Å². The van der Waals surface area contributed by atoms with E-state index >= 15 is 0 Å². The highest BCUT2D eigenvalue weighted by Gasteiger charge is 2.35. The zero-order valence-corrected chi connectivity index (χ0v) is 25.6. The topological polar surface area (TPSA) is 139 Å². The highest BCUT2D eigenvalue weighted by atomic mass is 32.2. The first-order valence-corrected chi connectivity index (χ1v) is 16.4. The number of carboxylic acids is 1. The quantitative estimate of drug-likeness (QED) is 0.155. The molecule has 2 N–H and O–H groups in total. The third-order valence-corrected chi connectivity index (χ3v) is 9.07. The summed E-state index contributed by atoms with van der Waals surface area (Å²) < 4.78 is 36.8. The highest BCUT2D eigenvalue weighted by Crippen LogP contribution is 2.27. The predicted molar refractivity (Wildman–Crippen MR) is 165 cm³/mol. The monoisotopic (exact) mass is 622 g/mol. The highest BCUT2D eigenvalue weighted by molar-refractivity contribution is 7.91. The smallest absolute Gasteiger partial charge is 0.303 e. The maximum atomic E-state index is 12.9. The number of nitrogens with zero attached hydrogens (tertiary/aromatic N) is 1. The lowest BCUT2D eigenvalue weighted by Crippen LogP contribution is -2.29. The molecule has 44 heavy (non-hydrogen) atoms. The van der Waals surface area contributed by atoms with Gasteiger partial charge in [0, 0.05) is 13.0 Å². The third-order valence-electron chi connectivity index (χ3n) is 7.26. The molecule has 2 amide bonds. The molecule has 0 bridgehead atoms. The van der Waals surface area contributed by atoms with Crippen LogP contribution in [0.4, 0.5) is 0 Å². The average molecular weight is 623 g/mol. The van der Waals surface area contributed by atoms with E-state index < -0.39 is 15.8 Å². The van der Waals surface area contributed by atoms with Crippen LogP contribution in [0.3, 0.4) is 0 Å². The number of imide groups is 1. The van der Waals surface area contributed by atoms with Crippen molar-refractivity contribution in [1.82, 2.24) is 10.2 Å². The van der Waals surface area contributed by atoms with Gasteiger partial charge in [-0.25, -0.2) is 8.42 Å². The van der Waals surface area contributed by atoms with Crippen molar-refractivity contribution in [1.29, 1.82) is 0 Å². The molecule has 0 saturated heterocycles. The minimum absolute atomic E-state index is 0.000168. The normalized spacial score (nSPS) is 12.8. The molecule has 4 rings (SSSR count). The zero-order valence-electron chi connectivity index (χ0n) is 24.8. The van der Waals surface area contributed by atoms with E-state index in [2.05, 4.69) is 12.2 Å². The van der Waals surface area contributed by atoms with E-state index in [1.807, 2.05) is 0 Å². The van der Waals surface area contributed by atoms with Crippen molar-refractivity contribution in [3.05, 3.63) is 89.0 Å². The molecule has 0 fully saturated rings. The van der Waals surface area contributed by atoms with Crippen molar-refractivity contribution < 1.29 is 37.4 Å². The fourth-order valence-corrected chi connectivity index (χ4v) is 6.14. The second-order valence-corrected chi connectivity index (χ2v) is 12.6. The van der Waals surface area contributed by atoms with Gasteiger partial charge in [0.25, 0.3) is 11.8 Å². The molecule has 234 valence electrons. The first-order chi connectivity index (χ1) is 21.2. The number of aryl methyl sites for hydroxylation is 1. The van der Waals surface area contributed by atoms with Gasteiger partial charge in [0.2, 0.25) is 0 Å². The van der Waals surface area contributed by atoms with E-state index in [1.54, 1.807) is 66.7 Å². The molecule has 0 radical (unpaired) electrons. The van der Waals surface area contributed by atoms with Crippen LogP contribution in [0.2, 0.25) is 0 Å².